The van der Waals surface area contributed by atoms with Gasteiger partial charge in [-0.15, -0.1) is 0 Å². The molecule has 0 saturated carbocycles. The summed E-state index contributed by atoms with van der Waals surface area (Å²) < 4.78 is 0. The van der Waals surface area contributed by atoms with Crippen molar-refractivity contribution in [3.8, 4) is 0 Å². The Morgan fingerprint density at radius 1 is 1.83 bits per heavy atom. The van der Waals surface area contributed by atoms with Crippen LogP contribution < -0.4 is 0 Å². The van der Waals surface area contributed by atoms with E-state index in [1.54, 1.807) is 5.57 Å². The molecule has 0 spiro atoms. The highest BCUT2D eigenvalue weighted by molar-refractivity contribution is 5.26. The molecule has 1 aliphatic rings. The van der Waals surface area contributed by atoms with Crippen LogP contribution >= 0.6 is 0 Å². The van der Waals surface area contributed by atoms with Crippen LogP contribution in [0, 0.1) is 5.92 Å². The van der Waals surface area contributed by atoms with Gasteiger partial charge in [-0.05, 0) is 12.3 Å². The summed E-state index contributed by atoms with van der Waals surface area (Å²) in [4.78, 5) is 0. The van der Waals surface area contributed by atoms with Gasteiger partial charge in [0.05, 0.1) is 0 Å². The Kier molecular flexibility index (Phi) is 0.722. The van der Waals surface area contributed by atoms with Gasteiger partial charge >= 0.3 is 0 Å². The molecule has 1 aliphatic carbocycles. The maximum absolute atomic E-state index is 2.31. The summed E-state index contributed by atoms with van der Waals surface area (Å²) in [6.07, 6.45) is 3.57. The van der Waals surface area contributed by atoms with Crippen LogP contribution in [-0.4, -0.2) is 0 Å². The molecule has 0 bridgehead atoms. The second-order valence-corrected chi connectivity index (χ2v) is 1.88. The molecular formula is C6H10. The lowest BCUT2D eigenvalue weighted by molar-refractivity contribution is 0.965. The van der Waals surface area contributed by atoms with Crippen LogP contribution in [0.5, 0.6) is 0 Å². The topological polar surface area (TPSA) is 0 Å². The van der Waals surface area contributed by atoms with Crippen LogP contribution in [0.4, 0.5) is 0 Å². The van der Waals surface area contributed by atoms with E-state index in [0.717, 1.165) is 5.92 Å². The van der Waals surface area contributed by atoms with Crippen molar-refractivity contribution in [1.29, 1.82) is 0 Å². The number of hydrogen-bond acceptors (Lipinski definition) is 0. The zero-order valence-electron chi connectivity index (χ0n) is 4.36. The van der Waals surface area contributed by atoms with E-state index in [1.807, 2.05) is 0 Å². The molecule has 0 aromatic carbocycles. The standard InChI is InChI=1S/C6H10/c1-3-6-4-5(6)2/h4-5H,3H2,1-2H3. The fraction of sp³-hybridized carbons (Fsp3) is 0.667. The van der Waals surface area contributed by atoms with E-state index in [-0.39, 0.29) is 0 Å². The maximum Gasteiger partial charge on any atom is -0.00487 e. The van der Waals surface area contributed by atoms with Crippen LogP contribution in [0.15, 0.2) is 11.6 Å². The fourth-order valence-electron chi connectivity index (χ4n) is 0.713. The zero-order chi connectivity index (χ0) is 4.57. The van der Waals surface area contributed by atoms with Crippen LogP contribution in [0.3, 0.4) is 0 Å². The smallest absolute Gasteiger partial charge is 0.00487 e. The van der Waals surface area contributed by atoms with Crippen molar-refractivity contribution in [3.05, 3.63) is 11.6 Å². The normalized spacial score (nSPS) is 29.7. The van der Waals surface area contributed by atoms with Gasteiger partial charge in [-0.1, -0.05) is 25.5 Å². The number of hydrogen-bond donors (Lipinski definition) is 0. The Bertz CT molecular complexity index is 80.0. The molecule has 0 amide bonds. The SMILES string of the molecule is CCC1=CC1C. The zero-order valence-corrected chi connectivity index (χ0v) is 4.36. The lowest BCUT2D eigenvalue weighted by Gasteiger charge is -1.78. The van der Waals surface area contributed by atoms with Crippen LogP contribution in [0.2, 0.25) is 0 Å². The van der Waals surface area contributed by atoms with Gasteiger partial charge < -0.3 is 0 Å². The van der Waals surface area contributed by atoms with Gasteiger partial charge in [0.25, 0.3) is 0 Å². The molecule has 0 nitrogen and oxygen atoms in total. The summed E-state index contributed by atoms with van der Waals surface area (Å²) in [7, 11) is 0. The van der Waals surface area contributed by atoms with E-state index in [9.17, 15) is 0 Å². The Morgan fingerprint density at radius 3 is 2.33 bits per heavy atom. The predicted molar refractivity (Wildman–Crippen MR) is 27.5 cm³/mol. The predicted octanol–water partition coefficient (Wildman–Crippen LogP) is 1.97. The van der Waals surface area contributed by atoms with Crippen molar-refractivity contribution >= 4 is 0 Å². The second-order valence-electron chi connectivity index (χ2n) is 1.88. The van der Waals surface area contributed by atoms with Crippen LogP contribution in [0.1, 0.15) is 20.3 Å². The summed E-state index contributed by atoms with van der Waals surface area (Å²) in [6.45, 7) is 4.44. The Balaban J connectivity index is 2.23. The van der Waals surface area contributed by atoms with Crippen molar-refractivity contribution < 1.29 is 0 Å². The molecule has 1 rings (SSSR count). The Hall–Kier alpha value is -0.260. The van der Waals surface area contributed by atoms with Crippen molar-refractivity contribution in [2.24, 2.45) is 5.92 Å². The summed E-state index contributed by atoms with van der Waals surface area (Å²) in [5, 5.41) is 0. The lowest BCUT2D eigenvalue weighted by Crippen LogP contribution is -1.64. The molecule has 0 aliphatic heterocycles. The third-order valence-electron chi connectivity index (χ3n) is 1.35. The molecule has 0 N–H and O–H groups in total. The average molecular weight is 82.1 g/mol. The quantitative estimate of drug-likeness (QED) is 0.424. The van der Waals surface area contributed by atoms with Crippen molar-refractivity contribution in [2.75, 3.05) is 0 Å². The van der Waals surface area contributed by atoms with Crippen LogP contribution in [-0.2, 0) is 0 Å². The number of rotatable bonds is 1. The molecule has 34 valence electrons. The fourth-order valence-corrected chi connectivity index (χ4v) is 0.713. The van der Waals surface area contributed by atoms with Gasteiger partial charge in [-0.2, -0.15) is 0 Å². The Morgan fingerprint density at radius 2 is 2.33 bits per heavy atom. The van der Waals surface area contributed by atoms with Gasteiger partial charge in [-0.3, -0.25) is 0 Å². The first kappa shape index (κ1) is 3.91. The van der Waals surface area contributed by atoms with Gasteiger partial charge in [0, 0.05) is 0 Å². The van der Waals surface area contributed by atoms with Crippen molar-refractivity contribution in [1.82, 2.24) is 0 Å². The summed E-state index contributed by atoms with van der Waals surface area (Å²) in [5.41, 5.74) is 1.63. The van der Waals surface area contributed by atoms with Gasteiger partial charge in [0.2, 0.25) is 0 Å². The van der Waals surface area contributed by atoms with E-state index in [1.165, 1.54) is 6.42 Å². The molecule has 0 fully saturated rings. The molecule has 0 aromatic heterocycles. The third-order valence-corrected chi connectivity index (χ3v) is 1.35. The maximum atomic E-state index is 2.31. The van der Waals surface area contributed by atoms with Crippen molar-refractivity contribution in [3.63, 3.8) is 0 Å². The van der Waals surface area contributed by atoms with Crippen LogP contribution in [0.25, 0.3) is 0 Å². The second kappa shape index (κ2) is 1.11. The highest BCUT2D eigenvalue weighted by Crippen LogP contribution is 2.29. The monoisotopic (exact) mass is 82.1 g/mol. The minimum Gasteiger partial charge on any atom is -0.0778 e. The van der Waals surface area contributed by atoms with E-state index in [4.69, 9.17) is 0 Å². The van der Waals surface area contributed by atoms with E-state index >= 15 is 0 Å². The van der Waals surface area contributed by atoms with Gasteiger partial charge in [0.1, 0.15) is 0 Å². The highest BCUT2D eigenvalue weighted by Gasteiger charge is 2.14. The molecule has 1 atom stereocenters. The molecule has 0 radical (unpaired) electrons. The van der Waals surface area contributed by atoms with E-state index in [0.29, 0.717) is 0 Å². The minimum atomic E-state index is 0.856. The first-order valence-electron chi connectivity index (χ1n) is 2.55. The van der Waals surface area contributed by atoms with Gasteiger partial charge in [-0.25, -0.2) is 0 Å². The van der Waals surface area contributed by atoms with E-state index < -0.39 is 0 Å². The minimum absolute atomic E-state index is 0.856. The molecular weight excluding hydrogens is 72.1 g/mol. The van der Waals surface area contributed by atoms with Gasteiger partial charge in [0.15, 0.2) is 0 Å². The molecule has 0 aromatic rings. The lowest BCUT2D eigenvalue weighted by atomic mass is 10.3. The molecule has 0 heteroatoms. The summed E-state index contributed by atoms with van der Waals surface area (Å²) in [6, 6.07) is 0. The average Bonchev–Trinajstić information content (AvgIpc) is 2.19. The van der Waals surface area contributed by atoms with E-state index in [2.05, 4.69) is 19.9 Å². The first-order chi connectivity index (χ1) is 2.84. The first-order valence-corrected chi connectivity index (χ1v) is 2.55. The molecule has 0 saturated heterocycles. The summed E-state index contributed by atoms with van der Waals surface area (Å²) >= 11 is 0. The molecule has 6 heavy (non-hydrogen) atoms. The summed E-state index contributed by atoms with van der Waals surface area (Å²) in [5.74, 6) is 0.856. The highest BCUT2D eigenvalue weighted by atomic mass is 14.2. The number of allylic oxidation sites excluding steroid dienone is 2. The van der Waals surface area contributed by atoms with Crippen molar-refractivity contribution in [2.45, 2.75) is 20.3 Å². The molecule has 1 unspecified atom stereocenters. The molecule has 0 heterocycles. The Labute approximate surface area is 38.9 Å². The largest absolute Gasteiger partial charge is 0.0778 e. The third kappa shape index (κ3) is 0.469.